The van der Waals surface area contributed by atoms with Gasteiger partial charge in [0.15, 0.2) is 0 Å². The summed E-state index contributed by atoms with van der Waals surface area (Å²) in [6, 6.07) is 1.40. The van der Waals surface area contributed by atoms with Crippen LogP contribution in [0.3, 0.4) is 0 Å². The Morgan fingerprint density at radius 1 is 1.53 bits per heavy atom. The predicted molar refractivity (Wildman–Crippen MR) is 64.1 cm³/mol. The Morgan fingerprint density at radius 2 is 2.35 bits per heavy atom. The van der Waals surface area contributed by atoms with Crippen molar-refractivity contribution in [1.29, 1.82) is 0 Å². The number of nitrogens with two attached hydrogens (primary N) is 1. The van der Waals surface area contributed by atoms with Gasteiger partial charge >= 0.3 is 0 Å². The van der Waals surface area contributed by atoms with E-state index in [0.29, 0.717) is 17.4 Å². The first kappa shape index (κ1) is 12.3. The van der Waals surface area contributed by atoms with E-state index in [9.17, 15) is 4.39 Å². The molecule has 1 aliphatic carbocycles. The molecular weight excluding hydrogens is 219 g/mol. The van der Waals surface area contributed by atoms with E-state index in [4.69, 9.17) is 10.5 Å². The Balaban J connectivity index is 2.07. The van der Waals surface area contributed by atoms with Crippen molar-refractivity contribution in [3.05, 3.63) is 23.6 Å². The van der Waals surface area contributed by atoms with Crippen molar-refractivity contribution in [1.82, 2.24) is 4.98 Å². The number of hydrogen-bond acceptors (Lipinski definition) is 3. The largest absolute Gasteiger partial charge is 0.474 e. The molecule has 0 bridgehead atoms. The Hall–Kier alpha value is -1.16. The molecule has 1 aromatic heterocycles. The molecule has 0 amide bonds. The van der Waals surface area contributed by atoms with Crippen LogP contribution in [0.2, 0.25) is 0 Å². The maximum atomic E-state index is 13.0. The number of nitrogens with zero attached hydrogens (tertiary/aromatic N) is 1. The molecule has 0 aliphatic heterocycles. The number of rotatable bonds is 3. The lowest BCUT2D eigenvalue weighted by Gasteiger charge is -2.27. The Bertz CT molecular complexity index is 384. The van der Waals surface area contributed by atoms with Gasteiger partial charge in [-0.3, -0.25) is 0 Å². The van der Waals surface area contributed by atoms with Gasteiger partial charge in [-0.05, 0) is 31.2 Å². The zero-order valence-electron chi connectivity index (χ0n) is 10.2. The summed E-state index contributed by atoms with van der Waals surface area (Å²) in [5.41, 5.74) is 6.21. The predicted octanol–water partition coefficient (Wildman–Crippen LogP) is 2.64. The van der Waals surface area contributed by atoms with Gasteiger partial charge in [0.05, 0.1) is 6.20 Å². The van der Waals surface area contributed by atoms with Crippen molar-refractivity contribution in [3.8, 4) is 5.88 Å². The summed E-state index contributed by atoms with van der Waals surface area (Å²) in [6.45, 7) is 2.49. The van der Waals surface area contributed by atoms with E-state index in [1.807, 2.05) is 0 Å². The lowest BCUT2D eigenvalue weighted by Crippen LogP contribution is -2.25. The zero-order chi connectivity index (χ0) is 12.3. The maximum Gasteiger partial charge on any atom is 0.218 e. The average Bonchev–Trinajstić information content (AvgIpc) is 2.31. The number of aromatic nitrogens is 1. The Morgan fingerprint density at radius 3 is 3.06 bits per heavy atom. The molecule has 1 saturated carbocycles. The fourth-order valence-electron chi connectivity index (χ4n) is 2.36. The molecule has 2 unspecified atom stereocenters. The molecular formula is C13H19FN2O. The molecule has 2 N–H and O–H groups in total. The van der Waals surface area contributed by atoms with Crippen LogP contribution in [0.1, 0.15) is 38.2 Å². The Labute approximate surface area is 101 Å². The minimum Gasteiger partial charge on any atom is -0.474 e. The minimum absolute atomic E-state index is 0.196. The number of hydrogen-bond donors (Lipinski definition) is 1. The van der Waals surface area contributed by atoms with Crippen LogP contribution >= 0.6 is 0 Å². The smallest absolute Gasteiger partial charge is 0.218 e. The summed E-state index contributed by atoms with van der Waals surface area (Å²) in [4.78, 5) is 3.99. The fraction of sp³-hybridized carbons (Fsp3) is 0.615. The highest BCUT2D eigenvalue weighted by molar-refractivity contribution is 5.26. The van der Waals surface area contributed by atoms with Gasteiger partial charge in [-0.1, -0.05) is 13.3 Å². The number of halogens is 1. The van der Waals surface area contributed by atoms with Gasteiger partial charge < -0.3 is 10.5 Å². The molecule has 1 aliphatic rings. The molecule has 0 radical (unpaired) electrons. The lowest BCUT2D eigenvalue weighted by molar-refractivity contribution is 0.122. The molecule has 1 heterocycles. The molecule has 94 valence electrons. The van der Waals surface area contributed by atoms with Crippen molar-refractivity contribution >= 4 is 0 Å². The average molecular weight is 238 g/mol. The van der Waals surface area contributed by atoms with Crippen LogP contribution in [0.15, 0.2) is 12.3 Å². The second kappa shape index (κ2) is 5.45. The van der Waals surface area contributed by atoms with E-state index in [0.717, 1.165) is 12.8 Å². The van der Waals surface area contributed by atoms with Crippen LogP contribution in [0.25, 0.3) is 0 Å². The van der Waals surface area contributed by atoms with Crippen molar-refractivity contribution in [3.63, 3.8) is 0 Å². The summed E-state index contributed by atoms with van der Waals surface area (Å²) in [5.74, 6) is 0.818. The van der Waals surface area contributed by atoms with Gasteiger partial charge in [0.1, 0.15) is 11.9 Å². The maximum absolute atomic E-state index is 13.0. The van der Waals surface area contributed by atoms with Crippen LogP contribution in [-0.4, -0.2) is 11.1 Å². The van der Waals surface area contributed by atoms with Gasteiger partial charge in [0, 0.05) is 12.1 Å². The first-order valence-corrected chi connectivity index (χ1v) is 6.20. The van der Waals surface area contributed by atoms with Gasteiger partial charge in [-0.15, -0.1) is 0 Å². The molecule has 17 heavy (non-hydrogen) atoms. The summed E-state index contributed by atoms with van der Waals surface area (Å²) >= 11 is 0. The lowest BCUT2D eigenvalue weighted by atomic mass is 9.89. The monoisotopic (exact) mass is 238 g/mol. The first-order valence-electron chi connectivity index (χ1n) is 6.20. The topological polar surface area (TPSA) is 48.1 Å². The van der Waals surface area contributed by atoms with E-state index in [-0.39, 0.29) is 18.5 Å². The quantitative estimate of drug-likeness (QED) is 0.880. The summed E-state index contributed by atoms with van der Waals surface area (Å²) in [5, 5.41) is 0. The third-order valence-electron chi connectivity index (χ3n) is 3.28. The van der Waals surface area contributed by atoms with Crippen LogP contribution in [-0.2, 0) is 6.54 Å². The summed E-state index contributed by atoms with van der Waals surface area (Å²) in [7, 11) is 0. The highest BCUT2D eigenvalue weighted by Crippen LogP contribution is 2.28. The zero-order valence-corrected chi connectivity index (χ0v) is 10.2. The highest BCUT2D eigenvalue weighted by atomic mass is 19.1. The van der Waals surface area contributed by atoms with Gasteiger partial charge in [0.2, 0.25) is 5.88 Å². The standard InChI is InChI=1S/C13H19FN2O/c1-9-3-2-4-12(5-9)17-13-10(7-15)6-11(14)8-16-13/h6,8-9,12H,2-5,7,15H2,1H3. The van der Waals surface area contributed by atoms with Crippen LogP contribution in [0.4, 0.5) is 4.39 Å². The van der Waals surface area contributed by atoms with Crippen molar-refractivity contribution in [2.75, 3.05) is 0 Å². The molecule has 0 spiro atoms. The third kappa shape index (κ3) is 3.16. The SMILES string of the molecule is CC1CCCC(Oc2ncc(F)cc2CN)C1. The van der Waals surface area contributed by atoms with E-state index >= 15 is 0 Å². The van der Waals surface area contributed by atoms with E-state index in [1.54, 1.807) is 0 Å². The van der Waals surface area contributed by atoms with Crippen molar-refractivity contribution in [2.24, 2.45) is 11.7 Å². The normalized spacial score (nSPS) is 24.6. The van der Waals surface area contributed by atoms with Crippen LogP contribution in [0.5, 0.6) is 5.88 Å². The molecule has 3 nitrogen and oxygen atoms in total. The second-order valence-electron chi connectivity index (χ2n) is 4.83. The van der Waals surface area contributed by atoms with Crippen molar-refractivity contribution < 1.29 is 9.13 Å². The van der Waals surface area contributed by atoms with Gasteiger partial charge in [-0.25, -0.2) is 9.37 Å². The fourth-order valence-corrected chi connectivity index (χ4v) is 2.36. The molecule has 4 heteroatoms. The summed E-state index contributed by atoms with van der Waals surface area (Å²) < 4.78 is 18.8. The first-order chi connectivity index (χ1) is 8.19. The van der Waals surface area contributed by atoms with Crippen molar-refractivity contribution in [2.45, 2.75) is 45.3 Å². The molecule has 2 atom stereocenters. The second-order valence-corrected chi connectivity index (χ2v) is 4.83. The van der Waals surface area contributed by atoms with Gasteiger partial charge in [-0.2, -0.15) is 0 Å². The van der Waals surface area contributed by atoms with E-state index in [1.165, 1.54) is 25.1 Å². The van der Waals surface area contributed by atoms with E-state index in [2.05, 4.69) is 11.9 Å². The van der Waals surface area contributed by atoms with E-state index < -0.39 is 0 Å². The van der Waals surface area contributed by atoms with Crippen LogP contribution in [0, 0.1) is 11.7 Å². The molecule has 1 aromatic rings. The Kier molecular flexibility index (Phi) is 3.94. The number of ether oxygens (including phenoxy) is 1. The molecule has 2 rings (SSSR count). The third-order valence-corrected chi connectivity index (χ3v) is 3.28. The highest BCUT2D eigenvalue weighted by Gasteiger charge is 2.21. The number of pyridine rings is 1. The van der Waals surface area contributed by atoms with Gasteiger partial charge in [0.25, 0.3) is 0 Å². The molecule has 1 fully saturated rings. The minimum atomic E-state index is -0.366. The molecule has 0 aromatic carbocycles. The molecule has 0 saturated heterocycles. The van der Waals surface area contributed by atoms with Crippen LogP contribution < -0.4 is 10.5 Å². The summed E-state index contributed by atoms with van der Waals surface area (Å²) in [6.07, 6.45) is 5.92.